The number of rotatable bonds is 5. The first-order valence-electron chi connectivity index (χ1n) is 10.6. The van der Waals surface area contributed by atoms with Crippen molar-refractivity contribution in [2.75, 3.05) is 0 Å². The fourth-order valence-electron chi connectivity index (χ4n) is 4.91. The zero-order chi connectivity index (χ0) is 18.4. The van der Waals surface area contributed by atoms with Gasteiger partial charge in [0.25, 0.3) is 0 Å². The Morgan fingerprint density at radius 2 is 1.62 bits per heavy atom. The summed E-state index contributed by atoms with van der Waals surface area (Å²) in [5, 5.41) is 8.86. The minimum Gasteiger partial charge on any atom is -0.206 e. The summed E-state index contributed by atoms with van der Waals surface area (Å²) in [4.78, 5) is 0. The van der Waals surface area contributed by atoms with E-state index in [2.05, 4.69) is 19.1 Å². The molecule has 0 spiro atoms. The van der Waals surface area contributed by atoms with Crippen LogP contribution >= 0.6 is 0 Å². The van der Waals surface area contributed by atoms with Crippen molar-refractivity contribution in [2.45, 2.75) is 77.0 Å². The lowest BCUT2D eigenvalue weighted by atomic mass is 9.77. The van der Waals surface area contributed by atoms with Crippen LogP contribution in [0, 0.1) is 34.9 Å². The molecule has 1 aromatic carbocycles. The third kappa shape index (κ3) is 4.97. The molecule has 0 unspecified atom stereocenters. The van der Waals surface area contributed by atoms with Crippen molar-refractivity contribution in [1.29, 1.82) is 5.26 Å². The molecular formula is C24H32FN. The molecule has 0 aromatic heterocycles. The summed E-state index contributed by atoms with van der Waals surface area (Å²) in [6.07, 6.45) is 18.0. The molecule has 0 amide bonds. The molecule has 2 aliphatic rings. The van der Waals surface area contributed by atoms with Crippen molar-refractivity contribution in [1.82, 2.24) is 0 Å². The van der Waals surface area contributed by atoms with Gasteiger partial charge in [-0.25, -0.2) is 4.39 Å². The summed E-state index contributed by atoms with van der Waals surface area (Å²) in [7, 11) is 0. The average Bonchev–Trinajstić information content (AvgIpc) is 2.68. The molecule has 0 bridgehead atoms. The normalized spacial score (nSPS) is 29.6. The van der Waals surface area contributed by atoms with Gasteiger partial charge in [0.1, 0.15) is 11.9 Å². The van der Waals surface area contributed by atoms with Crippen LogP contribution < -0.4 is 0 Å². The van der Waals surface area contributed by atoms with Crippen molar-refractivity contribution >= 4 is 0 Å². The Bertz CT molecular complexity index is 641. The molecule has 2 fully saturated rings. The van der Waals surface area contributed by atoms with Crippen molar-refractivity contribution in [3.05, 3.63) is 47.3 Å². The van der Waals surface area contributed by atoms with Gasteiger partial charge in [-0.3, -0.25) is 0 Å². The molecule has 0 aliphatic heterocycles. The van der Waals surface area contributed by atoms with Crippen LogP contribution in [-0.2, 0) is 0 Å². The molecular weight excluding hydrogens is 321 g/mol. The summed E-state index contributed by atoms with van der Waals surface area (Å²) in [6.45, 7) is 2.30. The number of hydrogen-bond donors (Lipinski definition) is 0. The smallest absolute Gasteiger partial charge is 0.141 e. The van der Waals surface area contributed by atoms with Crippen LogP contribution in [0.4, 0.5) is 4.39 Å². The molecule has 26 heavy (non-hydrogen) atoms. The second-order valence-electron chi connectivity index (χ2n) is 8.42. The Balaban J connectivity index is 1.45. The highest BCUT2D eigenvalue weighted by atomic mass is 19.1. The molecule has 0 heterocycles. The first-order valence-corrected chi connectivity index (χ1v) is 10.6. The van der Waals surface area contributed by atoms with Gasteiger partial charge in [0.15, 0.2) is 0 Å². The predicted molar refractivity (Wildman–Crippen MR) is 105 cm³/mol. The molecule has 2 saturated carbocycles. The highest BCUT2D eigenvalue weighted by molar-refractivity contribution is 5.35. The lowest BCUT2D eigenvalue weighted by molar-refractivity contribution is 0.292. The van der Waals surface area contributed by atoms with E-state index < -0.39 is 0 Å². The summed E-state index contributed by atoms with van der Waals surface area (Å²) in [6, 6.07) is 7.06. The third-order valence-corrected chi connectivity index (χ3v) is 6.60. The highest BCUT2D eigenvalue weighted by Gasteiger charge is 2.23. The van der Waals surface area contributed by atoms with Crippen LogP contribution in [0.2, 0.25) is 0 Å². The van der Waals surface area contributed by atoms with E-state index in [0.717, 1.165) is 30.2 Å². The largest absolute Gasteiger partial charge is 0.206 e. The Hall–Kier alpha value is -1.62. The zero-order valence-electron chi connectivity index (χ0n) is 16.1. The number of halogens is 1. The Kier molecular flexibility index (Phi) is 6.89. The van der Waals surface area contributed by atoms with E-state index in [4.69, 9.17) is 5.26 Å². The minimum absolute atomic E-state index is 0.152. The lowest BCUT2D eigenvalue weighted by Gasteiger charge is -2.29. The number of benzene rings is 1. The SMILES string of the molecule is CCC[C@H]1CC[C@H](/C=C/C2CCC(c3ccc(C#N)c(F)c3)CC2)CC1. The second kappa shape index (κ2) is 9.36. The van der Waals surface area contributed by atoms with E-state index in [-0.39, 0.29) is 11.4 Å². The van der Waals surface area contributed by atoms with Crippen molar-refractivity contribution in [2.24, 2.45) is 17.8 Å². The molecule has 0 radical (unpaired) electrons. The maximum Gasteiger partial charge on any atom is 0.141 e. The fraction of sp³-hybridized carbons (Fsp3) is 0.625. The van der Waals surface area contributed by atoms with Crippen LogP contribution in [0.1, 0.15) is 88.2 Å². The Labute approximate surface area is 158 Å². The van der Waals surface area contributed by atoms with Crippen LogP contribution in [0.5, 0.6) is 0 Å². The average molecular weight is 354 g/mol. The van der Waals surface area contributed by atoms with Crippen LogP contribution in [0.3, 0.4) is 0 Å². The number of hydrogen-bond acceptors (Lipinski definition) is 1. The molecule has 2 heteroatoms. The van der Waals surface area contributed by atoms with Crippen molar-refractivity contribution in [3.63, 3.8) is 0 Å². The van der Waals surface area contributed by atoms with Crippen molar-refractivity contribution in [3.8, 4) is 6.07 Å². The van der Waals surface area contributed by atoms with Gasteiger partial charge in [-0.1, -0.05) is 38.0 Å². The molecule has 3 rings (SSSR count). The summed E-state index contributed by atoms with van der Waals surface area (Å²) < 4.78 is 13.9. The van der Waals surface area contributed by atoms with Gasteiger partial charge in [-0.2, -0.15) is 5.26 Å². The summed E-state index contributed by atoms with van der Waals surface area (Å²) in [5.41, 5.74) is 1.22. The minimum atomic E-state index is -0.370. The maximum atomic E-state index is 13.9. The summed E-state index contributed by atoms with van der Waals surface area (Å²) >= 11 is 0. The highest BCUT2D eigenvalue weighted by Crippen LogP contribution is 2.38. The first kappa shape index (κ1) is 19.2. The molecule has 0 saturated heterocycles. The van der Waals surface area contributed by atoms with Gasteiger partial charge in [0, 0.05) is 0 Å². The molecule has 2 aliphatic carbocycles. The molecule has 0 atom stereocenters. The molecule has 0 N–H and O–H groups in total. The molecule has 1 aromatic rings. The van der Waals surface area contributed by atoms with Gasteiger partial charge in [-0.05, 0) is 92.7 Å². The van der Waals surface area contributed by atoms with E-state index in [1.807, 2.05) is 12.1 Å². The number of nitrogens with zero attached hydrogens (tertiary/aromatic N) is 1. The standard InChI is InChI=1S/C24H32FN/c1-2-3-18-4-6-19(7-5-18)8-9-20-10-12-21(13-11-20)22-14-15-23(17-26)24(25)16-22/h8-9,14-16,18-21H,2-7,10-13H2,1H3/b9-8+/t18-,19-,20?,21?. The van der Waals surface area contributed by atoms with E-state index in [0.29, 0.717) is 11.8 Å². The lowest BCUT2D eigenvalue weighted by Crippen LogP contribution is -2.14. The summed E-state index contributed by atoms with van der Waals surface area (Å²) in [5.74, 6) is 2.56. The first-order chi connectivity index (χ1) is 12.7. The molecule has 1 nitrogen and oxygen atoms in total. The van der Waals surface area contributed by atoms with E-state index in [9.17, 15) is 4.39 Å². The monoisotopic (exact) mass is 353 g/mol. The number of allylic oxidation sites excluding steroid dienone is 2. The van der Waals surface area contributed by atoms with Gasteiger partial charge in [-0.15, -0.1) is 0 Å². The van der Waals surface area contributed by atoms with Crippen LogP contribution in [-0.4, -0.2) is 0 Å². The maximum absolute atomic E-state index is 13.9. The van der Waals surface area contributed by atoms with Gasteiger partial charge in [0.2, 0.25) is 0 Å². The van der Waals surface area contributed by atoms with Gasteiger partial charge in [0.05, 0.1) is 5.56 Å². The number of nitriles is 1. The van der Waals surface area contributed by atoms with E-state index in [1.54, 1.807) is 12.1 Å². The predicted octanol–water partition coefficient (Wildman–Crippen LogP) is 7.13. The van der Waals surface area contributed by atoms with E-state index in [1.165, 1.54) is 51.4 Å². The Morgan fingerprint density at radius 1 is 1.00 bits per heavy atom. The fourth-order valence-corrected chi connectivity index (χ4v) is 4.91. The van der Waals surface area contributed by atoms with Gasteiger partial charge >= 0.3 is 0 Å². The van der Waals surface area contributed by atoms with Crippen LogP contribution in [0.15, 0.2) is 30.4 Å². The van der Waals surface area contributed by atoms with E-state index >= 15 is 0 Å². The van der Waals surface area contributed by atoms with Gasteiger partial charge < -0.3 is 0 Å². The zero-order valence-corrected chi connectivity index (χ0v) is 16.1. The third-order valence-electron chi connectivity index (χ3n) is 6.60. The molecule has 140 valence electrons. The van der Waals surface area contributed by atoms with Crippen LogP contribution in [0.25, 0.3) is 0 Å². The second-order valence-corrected chi connectivity index (χ2v) is 8.42. The quantitative estimate of drug-likeness (QED) is 0.516. The van der Waals surface area contributed by atoms with Crippen molar-refractivity contribution < 1.29 is 4.39 Å². The Morgan fingerprint density at radius 3 is 2.15 bits per heavy atom. The topological polar surface area (TPSA) is 23.8 Å².